The third-order valence-electron chi connectivity index (χ3n) is 5.32. The molecular formula is C19H25NO5. The van der Waals surface area contributed by atoms with Crippen LogP contribution in [0.25, 0.3) is 0 Å². The van der Waals surface area contributed by atoms with Crippen molar-refractivity contribution in [3.63, 3.8) is 0 Å². The molecule has 1 aromatic rings. The number of hydrogen-bond donors (Lipinski definition) is 1. The molecule has 25 heavy (non-hydrogen) atoms. The monoisotopic (exact) mass is 347 g/mol. The van der Waals surface area contributed by atoms with E-state index in [0.717, 1.165) is 25.8 Å². The molecule has 2 fully saturated rings. The third kappa shape index (κ3) is 3.89. The van der Waals surface area contributed by atoms with Gasteiger partial charge in [-0.2, -0.15) is 0 Å². The first-order chi connectivity index (χ1) is 12.1. The number of esters is 1. The highest BCUT2D eigenvalue weighted by molar-refractivity contribution is 5.94. The lowest BCUT2D eigenvalue weighted by Gasteiger charge is -2.44. The third-order valence-corrected chi connectivity index (χ3v) is 5.32. The summed E-state index contributed by atoms with van der Waals surface area (Å²) in [5.74, 6) is -0.0275. The first-order valence-electron chi connectivity index (χ1n) is 8.93. The van der Waals surface area contributed by atoms with E-state index < -0.39 is 5.97 Å². The molecule has 1 N–H and O–H groups in total. The summed E-state index contributed by atoms with van der Waals surface area (Å²) < 4.78 is 10.1. The van der Waals surface area contributed by atoms with Gasteiger partial charge in [-0.05, 0) is 43.7 Å². The molecule has 2 aliphatic rings. The van der Waals surface area contributed by atoms with Gasteiger partial charge >= 0.3 is 5.97 Å². The molecule has 6 heteroatoms. The fourth-order valence-corrected chi connectivity index (χ4v) is 4.03. The quantitative estimate of drug-likeness (QED) is 0.848. The standard InChI is InChI=1S/C19H25NO5/c1-24-14-8-9-15(17(21)11-14)19(23)25-12-18(22)20-10-4-6-13-5-2-3-7-16(13)20/h8-9,11,13,16,21H,2-7,10,12H2,1H3/t13-,16+/m0/s1. The lowest BCUT2D eigenvalue weighted by Crippen LogP contribution is -2.50. The Morgan fingerprint density at radius 2 is 1.96 bits per heavy atom. The Morgan fingerprint density at radius 1 is 1.20 bits per heavy atom. The minimum Gasteiger partial charge on any atom is -0.507 e. The molecule has 0 unspecified atom stereocenters. The molecule has 3 rings (SSSR count). The molecule has 1 saturated carbocycles. The first-order valence-corrected chi connectivity index (χ1v) is 8.93. The van der Waals surface area contributed by atoms with E-state index in [1.165, 1.54) is 38.5 Å². The van der Waals surface area contributed by atoms with Crippen molar-refractivity contribution < 1.29 is 24.2 Å². The summed E-state index contributed by atoms with van der Waals surface area (Å²) in [4.78, 5) is 26.6. The summed E-state index contributed by atoms with van der Waals surface area (Å²) in [5.41, 5.74) is 0.0304. The molecule has 1 aliphatic heterocycles. The van der Waals surface area contributed by atoms with E-state index in [0.29, 0.717) is 17.7 Å². The summed E-state index contributed by atoms with van der Waals surface area (Å²) in [7, 11) is 1.47. The lowest BCUT2D eigenvalue weighted by atomic mass is 9.78. The molecule has 0 bridgehead atoms. The largest absolute Gasteiger partial charge is 0.507 e. The van der Waals surface area contributed by atoms with Crippen LogP contribution in [-0.2, 0) is 9.53 Å². The van der Waals surface area contributed by atoms with Gasteiger partial charge in [-0.15, -0.1) is 0 Å². The molecule has 1 amide bonds. The zero-order valence-electron chi connectivity index (χ0n) is 14.6. The number of piperidine rings is 1. The Kier molecular flexibility index (Phi) is 5.46. The molecule has 136 valence electrons. The number of nitrogens with zero attached hydrogens (tertiary/aromatic N) is 1. The van der Waals surface area contributed by atoms with Crippen LogP contribution in [0.4, 0.5) is 0 Å². The molecule has 1 saturated heterocycles. The number of phenolic OH excluding ortho intramolecular Hbond substituents is 1. The van der Waals surface area contributed by atoms with Crippen LogP contribution in [0.2, 0.25) is 0 Å². The zero-order chi connectivity index (χ0) is 17.8. The van der Waals surface area contributed by atoms with Crippen LogP contribution >= 0.6 is 0 Å². The van der Waals surface area contributed by atoms with E-state index >= 15 is 0 Å². The number of ether oxygens (including phenoxy) is 2. The van der Waals surface area contributed by atoms with E-state index in [1.807, 2.05) is 4.90 Å². The SMILES string of the molecule is COc1ccc(C(=O)OCC(=O)N2CCC[C@@H]3CCCC[C@H]32)c(O)c1. The highest BCUT2D eigenvalue weighted by Crippen LogP contribution is 2.35. The molecule has 0 radical (unpaired) electrons. The molecule has 0 spiro atoms. The van der Waals surface area contributed by atoms with Crippen molar-refractivity contribution >= 4 is 11.9 Å². The zero-order valence-corrected chi connectivity index (χ0v) is 14.6. The van der Waals surface area contributed by atoms with Gasteiger partial charge in [-0.1, -0.05) is 12.8 Å². The molecule has 1 aliphatic carbocycles. The first kappa shape index (κ1) is 17.6. The van der Waals surface area contributed by atoms with E-state index in [2.05, 4.69) is 0 Å². The van der Waals surface area contributed by atoms with E-state index in [4.69, 9.17) is 9.47 Å². The Bertz CT molecular complexity index is 643. The average molecular weight is 347 g/mol. The van der Waals surface area contributed by atoms with Crippen molar-refractivity contribution in [1.29, 1.82) is 0 Å². The average Bonchev–Trinajstić information content (AvgIpc) is 2.65. The minimum atomic E-state index is -0.703. The maximum absolute atomic E-state index is 12.5. The number of rotatable bonds is 4. The van der Waals surface area contributed by atoms with Crippen molar-refractivity contribution in [1.82, 2.24) is 4.90 Å². The second-order valence-corrected chi connectivity index (χ2v) is 6.80. The summed E-state index contributed by atoms with van der Waals surface area (Å²) in [6.45, 7) is 0.457. The van der Waals surface area contributed by atoms with Gasteiger partial charge in [0.05, 0.1) is 7.11 Å². The highest BCUT2D eigenvalue weighted by atomic mass is 16.5. The summed E-state index contributed by atoms with van der Waals surface area (Å²) in [6, 6.07) is 4.63. The van der Waals surface area contributed by atoms with Gasteiger partial charge in [-0.25, -0.2) is 4.79 Å². The van der Waals surface area contributed by atoms with Crippen molar-refractivity contribution in [2.45, 2.75) is 44.6 Å². The number of phenols is 1. The fourth-order valence-electron chi connectivity index (χ4n) is 4.03. The Balaban J connectivity index is 1.59. The Hall–Kier alpha value is -2.24. The lowest BCUT2D eigenvalue weighted by molar-refractivity contribution is -0.140. The van der Waals surface area contributed by atoms with E-state index in [1.54, 1.807) is 6.07 Å². The van der Waals surface area contributed by atoms with E-state index in [9.17, 15) is 14.7 Å². The number of fused-ring (bicyclic) bond motifs is 1. The molecule has 6 nitrogen and oxygen atoms in total. The van der Waals surface area contributed by atoms with Gasteiger partial charge < -0.3 is 19.5 Å². The van der Waals surface area contributed by atoms with Gasteiger partial charge in [0.15, 0.2) is 6.61 Å². The maximum Gasteiger partial charge on any atom is 0.342 e. The number of aromatic hydroxyl groups is 1. The number of methoxy groups -OCH3 is 1. The number of carbonyl (C=O) groups is 2. The minimum absolute atomic E-state index is 0.0304. The molecule has 2 atom stereocenters. The van der Waals surface area contributed by atoms with Gasteiger partial charge in [0.1, 0.15) is 17.1 Å². The van der Waals surface area contributed by atoms with Crippen molar-refractivity contribution in [2.75, 3.05) is 20.3 Å². The summed E-state index contributed by atoms with van der Waals surface area (Å²) >= 11 is 0. The number of hydrogen-bond acceptors (Lipinski definition) is 5. The second kappa shape index (κ2) is 7.76. The van der Waals surface area contributed by atoms with Gasteiger partial charge in [0.25, 0.3) is 5.91 Å². The second-order valence-electron chi connectivity index (χ2n) is 6.80. The smallest absolute Gasteiger partial charge is 0.342 e. The predicted octanol–water partition coefficient (Wildman–Crippen LogP) is 2.74. The number of likely N-dealkylation sites (tertiary alicyclic amines) is 1. The van der Waals surface area contributed by atoms with Crippen LogP contribution in [0.5, 0.6) is 11.5 Å². The molecule has 1 aromatic carbocycles. The normalized spacial score (nSPS) is 22.8. The maximum atomic E-state index is 12.5. The van der Waals surface area contributed by atoms with Gasteiger partial charge in [-0.3, -0.25) is 4.79 Å². The fraction of sp³-hybridized carbons (Fsp3) is 0.579. The highest BCUT2D eigenvalue weighted by Gasteiger charge is 2.35. The van der Waals surface area contributed by atoms with Gasteiger partial charge in [0, 0.05) is 18.7 Å². The van der Waals surface area contributed by atoms with E-state index in [-0.39, 0.29) is 23.8 Å². The van der Waals surface area contributed by atoms with Crippen molar-refractivity contribution in [3.8, 4) is 11.5 Å². The number of carbonyl (C=O) groups excluding carboxylic acids is 2. The van der Waals surface area contributed by atoms with Crippen LogP contribution in [0.15, 0.2) is 18.2 Å². The van der Waals surface area contributed by atoms with Crippen LogP contribution in [0.1, 0.15) is 48.9 Å². The number of benzene rings is 1. The molecule has 1 heterocycles. The molecular weight excluding hydrogens is 322 g/mol. The predicted molar refractivity (Wildman–Crippen MR) is 91.6 cm³/mol. The summed E-state index contributed by atoms with van der Waals surface area (Å²) in [5, 5.41) is 9.89. The summed E-state index contributed by atoms with van der Waals surface area (Å²) in [6.07, 6.45) is 6.84. The van der Waals surface area contributed by atoms with Gasteiger partial charge in [0.2, 0.25) is 0 Å². The Labute approximate surface area is 147 Å². The Morgan fingerprint density at radius 3 is 2.72 bits per heavy atom. The van der Waals surface area contributed by atoms with Crippen LogP contribution in [0.3, 0.4) is 0 Å². The van der Waals surface area contributed by atoms with Crippen LogP contribution in [-0.4, -0.2) is 48.2 Å². The van der Waals surface area contributed by atoms with Crippen molar-refractivity contribution in [3.05, 3.63) is 23.8 Å². The molecule has 0 aromatic heterocycles. The van der Waals surface area contributed by atoms with Crippen molar-refractivity contribution in [2.24, 2.45) is 5.92 Å². The number of amides is 1. The van der Waals surface area contributed by atoms with Crippen LogP contribution < -0.4 is 4.74 Å². The van der Waals surface area contributed by atoms with Crippen LogP contribution in [0, 0.1) is 5.92 Å². The topological polar surface area (TPSA) is 76.1 Å².